The smallest absolute Gasteiger partial charge is 0.357 e. The first-order chi connectivity index (χ1) is 16.6. The highest BCUT2D eigenvalue weighted by Gasteiger charge is 2.28. The summed E-state index contributed by atoms with van der Waals surface area (Å²) in [4.78, 5) is 25.1. The van der Waals surface area contributed by atoms with Gasteiger partial charge in [-0.25, -0.2) is 14.8 Å². The highest BCUT2D eigenvalue weighted by Crippen LogP contribution is 2.29. The van der Waals surface area contributed by atoms with Gasteiger partial charge in [0.25, 0.3) is 0 Å². The molecule has 0 radical (unpaired) electrons. The third-order valence-electron chi connectivity index (χ3n) is 7.16. The number of carbonyl (C=O) groups is 1. The van der Waals surface area contributed by atoms with Crippen LogP contribution in [0, 0.1) is 17.4 Å². The van der Waals surface area contributed by atoms with Gasteiger partial charge in [-0.15, -0.1) is 0 Å². The van der Waals surface area contributed by atoms with Gasteiger partial charge in [0.1, 0.15) is 6.10 Å². The highest BCUT2D eigenvalue weighted by molar-refractivity contribution is 6.53. The molecule has 3 aromatic carbocycles. The number of piperidine rings is 1. The molecule has 34 heavy (non-hydrogen) atoms. The lowest BCUT2D eigenvalue weighted by Crippen LogP contribution is -2.38. The minimum absolute atomic E-state index is 0.0632. The molecule has 0 atom stereocenters. The summed E-state index contributed by atoms with van der Waals surface area (Å²) >= 11 is 0. The van der Waals surface area contributed by atoms with Crippen LogP contribution in [-0.4, -0.2) is 35.8 Å². The normalized spacial score (nSPS) is 17.0. The lowest BCUT2D eigenvalue weighted by atomic mass is 10.0. The van der Waals surface area contributed by atoms with E-state index < -0.39 is 0 Å². The summed E-state index contributed by atoms with van der Waals surface area (Å²) in [5.41, 5.74) is 5.52. The first-order valence-corrected chi connectivity index (χ1v) is 12.0. The molecular weight excluding hydrogens is 422 g/mol. The second kappa shape index (κ2) is 8.33. The van der Waals surface area contributed by atoms with E-state index in [9.17, 15) is 4.79 Å². The molecule has 0 N–H and O–H groups in total. The molecule has 1 saturated heterocycles. The molecule has 0 unspecified atom stereocenters. The summed E-state index contributed by atoms with van der Waals surface area (Å²) in [5.74, 6) is -0.313. The van der Waals surface area contributed by atoms with Crippen molar-refractivity contribution in [2.45, 2.75) is 39.3 Å². The van der Waals surface area contributed by atoms with Gasteiger partial charge in [0.05, 0.1) is 16.7 Å². The van der Waals surface area contributed by atoms with Gasteiger partial charge < -0.3 is 4.74 Å². The average molecular weight is 450 g/mol. The number of hydrogen-bond donors (Lipinski definition) is 0. The van der Waals surface area contributed by atoms with E-state index in [1.165, 1.54) is 5.56 Å². The maximum absolute atomic E-state index is 13.1. The Labute approximate surface area is 198 Å². The monoisotopic (exact) mass is 449 g/mol. The number of hydrogen-bond acceptors (Lipinski definition) is 5. The number of carbonyl (C=O) groups excluding carboxylic acids is 1. The van der Waals surface area contributed by atoms with E-state index in [1.807, 2.05) is 31.2 Å². The van der Waals surface area contributed by atoms with Crippen LogP contribution in [0.2, 0.25) is 0 Å². The molecular formula is C29H27N3O2. The predicted octanol–water partition coefficient (Wildman–Crippen LogP) is 4.01. The van der Waals surface area contributed by atoms with Crippen molar-refractivity contribution in [1.82, 2.24) is 4.90 Å². The van der Waals surface area contributed by atoms with Gasteiger partial charge in [-0.2, -0.15) is 0 Å². The number of ether oxygens (including phenoxy) is 1. The Morgan fingerprint density at radius 1 is 0.971 bits per heavy atom. The quantitative estimate of drug-likeness (QED) is 0.443. The van der Waals surface area contributed by atoms with Crippen LogP contribution in [0.3, 0.4) is 0 Å². The van der Waals surface area contributed by atoms with Gasteiger partial charge in [-0.3, -0.25) is 4.90 Å². The summed E-state index contributed by atoms with van der Waals surface area (Å²) in [6, 6.07) is 20.7. The molecule has 3 heterocycles. The fraction of sp³-hybridized carbons (Fsp3) is 0.276. The van der Waals surface area contributed by atoms with Crippen LogP contribution in [0.1, 0.15) is 30.9 Å². The molecule has 3 aliphatic heterocycles. The fourth-order valence-electron chi connectivity index (χ4n) is 5.38. The first-order valence-electron chi connectivity index (χ1n) is 12.0. The van der Waals surface area contributed by atoms with Crippen LogP contribution in [0.25, 0.3) is 5.57 Å². The van der Waals surface area contributed by atoms with Crippen molar-refractivity contribution in [2.75, 3.05) is 13.1 Å². The second-order valence-corrected chi connectivity index (χ2v) is 9.37. The number of aliphatic imine (C=N–C) groups is 1. The van der Waals surface area contributed by atoms with Crippen molar-refractivity contribution >= 4 is 28.6 Å². The number of nitrogens with zero attached hydrogens (tertiary/aromatic N) is 3. The van der Waals surface area contributed by atoms with Crippen molar-refractivity contribution in [3.63, 3.8) is 0 Å². The van der Waals surface area contributed by atoms with E-state index >= 15 is 0 Å². The first kappa shape index (κ1) is 21.0. The zero-order valence-corrected chi connectivity index (χ0v) is 19.5. The summed E-state index contributed by atoms with van der Waals surface area (Å²) in [6.45, 7) is 6.83. The minimum atomic E-state index is -0.313. The zero-order chi connectivity index (χ0) is 23.2. The Morgan fingerprint density at radius 2 is 1.71 bits per heavy atom. The van der Waals surface area contributed by atoms with Crippen molar-refractivity contribution in [3.8, 4) is 0 Å². The number of fused-ring (bicyclic) bond motifs is 3. The molecule has 0 bridgehead atoms. The summed E-state index contributed by atoms with van der Waals surface area (Å²) in [6.07, 6.45) is 1.63. The molecule has 0 aliphatic carbocycles. The van der Waals surface area contributed by atoms with E-state index in [1.54, 1.807) is 0 Å². The Hall–Kier alpha value is -3.57. The fourth-order valence-corrected chi connectivity index (χ4v) is 5.38. The number of esters is 1. The molecule has 170 valence electrons. The van der Waals surface area contributed by atoms with Crippen LogP contribution >= 0.6 is 0 Å². The largest absolute Gasteiger partial charge is 0.458 e. The van der Waals surface area contributed by atoms with E-state index in [0.29, 0.717) is 5.71 Å². The molecule has 0 amide bonds. The third-order valence-corrected chi connectivity index (χ3v) is 7.16. The Balaban J connectivity index is 1.20. The van der Waals surface area contributed by atoms with Crippen LogP contribution in [0.15, 0.2) is 70.6 Å². The number of para-hydroxylation sites is 1. The van der Waals surface area contributed by atoms with Gasteiger partial charge >= 0.3 is 5.97 Å². The molecule has 5 nitrogen and oxygen atoms in total. The van der Waals surface area contributed by atoms with Crippen molar-refractivity contribution in [1.29, 1.82) is 0 Å². The molecule has 6 rings (SSSR count). The van der Waals surface area contributed by atoms with Crippen LogP contribution in [-0.2, 0) is 16.1 Å². The standard InChI is InChI=1S/C29H27N3O2/c1-18-26-19(2)28(31-25(26)16-23-22-10-6-7-11-24(22)30-27(18)23)29(33)34-21-12-14-32(15-13-21)17-20-8-4-3-5-9-20/h3-11,16,21H,12-15,17H2,1-2H3. The Bertz CT molecular complexity index is 1550. The maximum atomic E-state index is 13.1. The number of likely N-dealkylation sites (tertiary alicyclic amines) is 1. The minimum Gasteiger partial charge on any atom is -0.458 e. The Morgan fingerprint density at radius 3 is 2.50 bits per heavy atom. The Kier molecular flexibility index (Phi) is 5.15. The average Bonchev–Trinajstić information content (AvgIpc) is 3.39. The third kappa shape index (κ3) is 3.57. The van der Waals surface area contributed by atoms with E-state index in [2.05, 4.69) is 48.2 Å². The van der Waals surface area contributed by atoms with Gasteiger partial charge in [0.15, 0.2) is 5.71 Å². The van der Waals surface area contributed by atoms with Crippen molar-refractivity contribution in [3.05, 3.63) is 92.8 Å². The van der Waals surface area contributed by atoms with E-state index in [-0.39, 0.29) is 12.1 Å². The van der Waals surface area contributed by atoms with Crippen molar-refractivity contribution < 1.29 is 9.53 Å². The molecule has 0 aromatic heterocycles. The topological polar surface area (TPSA) is 54.3 Å². The molecule has 0 spiro atoms. The van der Waals surface area contributed by atoms with Crippen LogP contribution in [0.4, 0.5) is 11.4 Å². The van der Waals surface area contributed by atoms with Crippen LogP contribution in [0.5, 0.6) is 0 Å². The molecule has 5 heteroatoms. The van der Waals surface area contributed by atoms with Gasteiger partial charge in [0.2, 0.25) is 0 Å². The molecule has 3 aliphatic rings. The van der Waals surface area contributed by atoms with Gasteiger partial charge in [-0.05, 0) is 55.5 Å². The molecule has 3 aromatic rings. The molecule has 0 saturated carbocycles. The van der Waals surface area contributed by atoms with E-state index in [4.69, 9.17) is 14.7 Å². The maximum Gasteiger partial charge on any atom is 0.357 e. The SMILES string of the molecule is CC1=c2c(cc3c(c2C)N=c2ccccc2=3)N=C1C(=O)OC1CCN(Cc2ccccc2)CC1. The molecule has 1 fully saturated rings. The van der Waals surface area contributed by atoms with Gasteiger partial charge in [-0.1, -0.05) is 48.5 Å². The lowest BCUT2D eigenvalue weighted by Gasteiger charge is -2.31. The lowest BCUT2D eigenvalue weighted by molar-refractivity contribution is -0.142. The van der Waals surface area contributed by atoms with Gasteiger partial charge in [0, 0.05) is 35.3 Å². The van der Waals surface area contributed by atoms with Crippen molar-refractivity contribution in [2.24, 2.45) is 9.98 Å². The van der Waals surface area contributed by atoms with E-state index in [0.717, 1.165) is 76.0 Å². The second-order valence-electron chi connectivity index (χ2n) is 9.37. The number of rotatable bonds is 4. The predicted molar refractivity (Wildman–Crippen MR) is 133 cm³/mol. The zero-order valence-electron chi connectivity index (χ0n) is 19.5. The summed E-state index contributed by atoms with van der Waals surface area (Å²) in [5, 5.41) is 4.21. The summed E-state index contributed by atoms with van der Waals surface area (Å²) < 4.78 is 5.93. The number of benzene rings is 3. The highest BCUT2D eigenvalue weighted by atomic mass is 16.5. The van der Waals surface area contributed by atoms with Crippen LogP contribution < -0.4 is 10.6 Å². The summed E-state index contributed by atoms with van der Waals surface area (Å²) in [7, 11) is 0.